The maximum Gasteiger partial charge on any atom is 0.235 e. The molecule has 22 heavy (non-hydrogen) atoms. The smallest absolute Gasteiger partial charge is 0.235 e. The lowest BCUT2D eigenvalue weighted by Crippen LogP contribution is -2.33. The van der Waals surface area contributed by atoms with E-state index in [9.17, 15) is 4.79 Å². The van der Waals surface area contributed by atoms with E-state index in [1.165, 1.54) is 24.2 Å². The van der Waals surface area contributed by atoms with Crippen molar-refractivity contribution >= 4 is 45.6 Å². The molecule has 2 fully saturated rings. The number of hydrogen-bond acceptors (Lipinski definition) is 4. The first kappa shape index (κ1) is 16.5. The minimum Gasteiger partial charge on any atom is -0.301 e. The van der Waals surface area contributed by atoms with Gasteiger partial charge in [-0.3, -0.25) is 9.69 Å². The number of carbonyl (C=O) groups is 1. The number of amides is 1. The zero-order chi connectivity index (χ0) is 16.0. The molecule has 1 aromatic rings. The van der Waals surface area contributed by atoms with Crippen LogP contribution in [0.2, 0.25) is 0 Å². The molecular weight excluding hydrogens is 341 g/mol. The van der Waals surface area contributed by atoms with Gasteiger partial charge in [-0.1, -0.05) is 6.92 Å². The van der Waals surface area contributed by atoms with Gasteiger partial charge in [0.15, 0.2) is 5.13 Å². The van der Waals surface area contributed by atoms with Crippen molar-refractivity contribution in [2.24, 2.45) is 11.3 Å². The number of nitrogens with zero attached hydrogens (tertiary/aromatic N) is 2. The van der Waals surface area contributed by atoms with Crippen molar-refractivity contribution in [1.29, 1.82) is 0 Å². The Hall–Kier alpha value is -0.360. The predicted molar refractivity (Wildman–Crippen MR) is 91.6 cm³/mol. The SMILES string of the molecule is C[C@H]1CCCN(Cc2csc(NC(=O)[C@@]3(C)CC3(Cl)Cl)n2)C1. The van der Waals surface area contributed by atoms with E-state index in [2.05, 4.69) is 22.1 Å². The molecule has 2 aliphatic rings. The van der Waals surface area contributed by atoms with Crippen LogP contribution in [0.5, 0.6) is 0 Å². The average molecular weight is 362 g/mol. The maximum absolute atomic E-state index is 12.2. The highest BCUT2D eigenvalue weighted by Crippen LogP contribution is 2.64. The third kappa shape index (κ3) is 3.28. The summed E-state index contributed by atoms with van der Waals surface area (Å²) < 4.78 is -0.943. The van der Waals surface area contributed by atoms with Crippen LogP contribution in [0.1, 0.15) is 38.8 Å². The first-order valence-electron chi connectivity index (χ1n) is 7.66. The van der Waals surface area contributed by atoms with Crippen LogP contribution in [-0.4, -0.2) is 33.2 Å². The van der Waals surface area contributed by atoms with E-state index in [4.69, 9.17) is 23.2 Å². The zero-order valence-corrected chi connectivity index (χ0v) is 15.2. The molecule has 0 radical (unpaired) electrons. The highest BCUT2D eigenvalue weighted by atomic mass is 35.5. The second-order valence-electron chi connectivity index (χ2n) is 6.79. The molecule has 1 aromatic heterocycles. The molecule has 2 atom stereocenters. The van der Waals surface area contributed by atoms with Gasteiger partial charge in [0.2, 0.25) is 5.91 Å². The summed E-state index contributed by atoms with van der Waals surface area (Å²) >= 11 is 13.5. The van der Waals surface area contributed by atoms with Crippen molar-refractivity contribution in [1.82, 2.24) is 9.88 Å². The fourth-order valence-electron chi connectivity index (χ4n) is 2.98. The van der Waals surface area contributed by atoms with Gasteiger partial charge in [0.1, 0.15) is 4.33 Å². The van der Waals surface area contributed by atoms with Crippen molar-refractivity contribution in [3.05, 3.63) is 11.1 Å². The van der Waals surface area contributed by atoms with E-state index in [0.717, 1.165) is 31.2 Å². The van der Waals surface area contributed by atoms with E-state index in [-0.39, 0.29) is 5.91 Å². The second kappa shape index (κ2) is 5.93. The average Bonchev–Trinajstić information content (AvgIpc) is 2.77. The van der Waals surface area contributed by atoms with Gasteiger partial charge >= 0.3 is 0 Å². The summed E-state index contributed by atoms with van der Waals surface area (Å²) in [6.45, 7) is 7.18. The molecule has 1 N–H and O–H groups in total. The molecule has 0 aromatic carbocycles. The highest BCUT2D eigenvalue weighted by molar-refractivity contribution is 7.13. The molecule has 4 nitrogen and oxygen atoms in total. The van der Waals surface area contributed by atoms with Gasteiger partial charge in [-0.2, -0.15) is 0 Å². The Balaban J connectivity index is 1.56. The van der Waals surface area contributed by atoms with Gasteiger partial charge in [0.25, 0.3) is 0 Å². The number of alkyl halides is 2. The van der Waals surface area contributed by atoms with Gasteiger partial charge in [-0.15, -0.1) is 34.5 Å². The molecule has 1 aliphatic heterocycles. The van der Waals surface area contributed by atoms with E-state index >= 15 is 0 Å². The Labute approximate surface area is 145 Å². The number of piperidine rings is 1. The highest BCUT2D eigenvalue weighted by Gasteiger charge is 2.68. The first-order valence-corrected chi connectivity index (χ1v) is 9.30. The fraction of sp³-hybridized carbons (Fsp3) is 0.733. The van der Waals surface area contributed by atoms with Crippen molar-refractivity contribution < 1.29 is 4.79 Å². The topological polar surface area (TPSA) is 45.2 Å². The van der Waals surface area contributed by atoms with Crippen LogP contribution >= 0.6 is 34.5 Å². The standard InChI is InChI=1S/C15H21Cl2N3OS/c1-10-4-3-5-20(6-10)7-11-8-22-13(18-11)19-12(21)14(2)9-15(14,16)17/h8,10H,3-7,9H2,1-2H3,(H,18,19,21)/t10-,14+/m0/s1. The van der Waals surface area contributed by atoms with Crippen LogP contribution in [0.15, 0.2) is 5.38 Å². The van der Waals surface area contributed by atoms with Gasteiger partial charge in [-0.05, 0) is 38.6 Å². The Morgan fingerprint density at radius 1 is 1.59 bits per heavy atom. The second-order valence-corrected chi connectivity index (χ2v) is 9.14. The number of aromatic nitrogens is 1. The van der Waals surface area contributed by atoms with Gasteiger partial charge in [0.05, 0.1) is 11.1 Å². The minimum atomic E-state index is -0.943. The van der Waals surface area contributed by atoms with Crippen LogP contribution in [0.3, 0.4) is 0 Å². The van der Waals surface area contributed by atoms with Crippen LogP contribution in [0, 0.1) is 11.3 Å². The molecule has 0 unspecified atom stereocenters. The molecule has 1 saturated carbocycles. The summed E-state index contributed by atoms with van der Waals surface area (Å²) in [6, 6.07) is 0. The molecule has 122 valence electrons. The molecule has 0 bridgehead atoms. The number of rotatable bonds is 4. The van der Waals surface area contributed by atoms with Crippen molar-refractivity contribution in [2.75, 3.05) is 18.4 Å². The molecule has 1 aliphatic carbocycles. The largest absolute Gasteiger partial charge is 0.301 e. The van der Waals surface area contributed by atoms with E-state index in [1.807, 2.05) is 5.38 Å². The molecular formula is C15H21Cl2N3OS. The summed E-state index contributed by atoms with van der Waals surface area (Å²) in [7, 11) is 0. The molecule has 0 spiro atoms. The quantitative estimate of drug-likeness (QED) is 0.827. The lowest BCUT2D eigenvalue weighted by Gasteiger charge is -2.30. The summed E-state index contributed by atoms with van der Waals surface area (Å²) in [5.41, 5.74) is 0.308. The number of nitrogens with one attached hydrogen (secondary N) is 1. The first-order chi connectivity index (χ1) is 10.3. The molecule has 3 rings (SSSR count). The van der Waals surface area contributed by atoms with Crippen LogP contribution in [-0.2, 0) is 11.3 Å². The normalized spacial score (nSPS) is 31.0. The summed E-state index contributed by atoms with van der Waals surface area (Å²) in [6.07, 6.45) is 3.05. The third-order valence-corrected chi connectivity index (χ3v) is 6.57. The van der Waals surface area contributed by atoms with E-state index in [1.54, 1.807) is 6.92 Å². The van der Waals surface area contributed by atoms with E-state index in [0.29, 0.717) is 11.6 Å². The summed E-state index contributed by atoms with van der Waals surface area (Å²) in [5, 5.41) is 5.49. The Morgan fingerprint density at radius 2 is 2.32 bits per heavy atom. The van der Waals surface area contributed by atoms with Crippen molar-refractivity contribution in [2.45, 2.75) is 44.0 Å². The lowest BCUT2D eigenvalue weighted by molar-refractivity contribution is -0.120. The third-order valence-electron chi connectivity index (χ3n) is 4.66. The van der Waals surface area contributed by atoms with Gasteiger partial charge < -0.3 is 5.32 Å². The van der Waals surface area contributed by atoms with Crippen LogP contribution in [0.4, 0.5) is 5.13 Å². The Kier molecular flexibility index (Phi) is 4.45. The fourth-order valence-corrected chi connectivity index (χ4v) is 4.38. The molecule has 7 heteroatoms. The maximum atomic E-state index is 12.2. The Bertz CT molecular complexity index is 577. The number of carbonyl (C=O) groups excluding carboxylic acids is 1. The number of halogens is 2. The zero-order valence-electron chi connectivity index (χ0n) is 12.9. The summed E-state index contributed by atoms with van der Waals surface area (Å²) in [5.74, 6) is 0.604. The van der Waals surface area contributed by atoms with E-state index < -0.39 is 9.75 Å². The minimum absolute atomic E-state index is 0.148. The number of thiazole rings is 1. The predicted octanol–water partition coefficient (Wildman–Crippen LogP) is 3.90. The molecule has 2 heterocycles. The van der Waals surface area contributed by atoms with Gasteiger partial charge in [-0.25, -0.2) is 4.98 Å². The molecule has 1 saturated heterocycles. The number of likely N-dealkylation sites (tertiary alicyclic amines) is 1. The lowest BCUT2D eigenvalue weighted by atomic mass is 10.0. The summed E-state index contributed by atoms with van der Waals surface area (Å²) in [4.78, 5) is 19.2. The van der Waals surface area contributed by atoms with Crippen LogP contribution < -0.4 is 5.32 Å². The van der Waals surface area contributed by atoms with Gasteiger partial charge in [0, 0.05) is 18.5 Å². The number of hydrogen-bond donors (Lipinski definition) is 1. The molecule has 1 amide bonds. The van der Waals surface area contributed by atoms with Crippen LogP contribution in [0.25, 0.3) is 0 Å². The monoisotopic (exact) mass is 361 g/mol. The Morgan fingerprint density at radius 3 is 2.95 bits per heavy atom. The number of anilines is 1. The van der Waals surface area contributed by atoms with Crippen molar-refractivity contribution in [3.63, 3.8) is 0 Å². The van der Waals surface area contributed by atoms with Crippen molar-refractivity contribution in [3.8, 4) is 0 Å².